The highest BCUT2D eigenvalue weighted by Crippen LogP contribution is 2.21. The number of fused-ring (bicyclic) bond motifs is 1. The molecule has 1 aliphatic heterocycles. The van der Waals surface area contributed by atoms with Crippen LogP contribution in [0.15, 0.2) is 55.0 Å². The zero-order valence-electron chi connectivity index (χ0n) is 14.7. The van der Waals surface area contributed by atoms with Crippen LogP contribution in [0.1, 0.15) is 29.0 Å². The molecule has 0 radical (unpaired) electrons. The first-order valence-corrected chi connectivity index (χ1v) is 8.87. The van der Waals surface area contributed by atoms with Crippen molar-refractivity contribution in [1.82, 2.24) is 24.8 Å². The quantitative estimate of drug-likeness (QED) is 0.729. The second-order valence-electron chi connectivity index (χ2n) is 6.53. The number of hydrogen-bond acceptors (Lipinski definition) is 5. The van der Waals surface area contributed by atoms with Crippen LogP contribution < -0.4 is 0 Å². The summed E-state index contributed by atoms with van der Waals surface area (Å²) in [6, 6.07) is 12.0. The average Bonchev–Trinajstić information content (AvgIpc) is 2.73. The molecule has 0 aliphatic carbocycles. The fraction of sp³-hybridized carbons (Fsp3) is 0.300. The fourth-order valence-electron chi connectivity index (χ4n) is 3.37. The van der Waals surface area contributed by atoms with Gasteiger partial charge in [-0.05, 0) is 30.7 Å². The van der Waals surface area contributed by atoms with Crippen LogP contribution >= 0.6 is 0 Å². The van der Waals surface area contributed by atoms with Crippen molar-refractivity contribution in [2.24, 2.45) is 0 Å². The topological polar surface area (TPSA) is 62.2 Å². The lowest BCUT2D eigenvalue weighted by atomic mass is 10.1. The van der Waals surface area contributed by atoms with E-state index in [1.807, 2.05) is 41.4 Å². The molecule has 2 aromatic heterocycles. The van der Waals surface area contributed by atoms with Crippen molar-refractivity contribution in [1.29, 1.82) is 0 Å². The van der Waals surface area contributed by atoms with Gasteiger partial charge < -0.3 is 4.90 Å². The maximum absolute atomic E-state index is 12.8. The first kappa shape index (κ1) is 16.6. The summed E-state index contributed by atoms with van der Waals surface area (Å²) in [6.07, 6.45) is 5.28. The molecule has 3 aromatic rings. The highest BCUT2D eigenvalue weighted by Gasteiger charge is 2.26. The molecule has 1 amide bonds. The number of hydrogen-bond donors (Lipinski definition) is 0. The lowest BCUT2D eigenvalue weighted by molar-refractivity contribution is 0.0576. The van der Waals surface area contributed by atoms with Gasteiger partial charge in [-0.15, -0.1) is 0 Å². The van der Waals surface area contributed by atoms with Gasteiger partial charge in [0.2, 0.25) is 0 Å². The van der Waals surface area contributed by atoms with Crippen molar-refractivity contribution in [2.45, 2.75) is 13.0 Å². The molecule has 1 saturated heterocycles. The van der Waals surface area contributed by atoms with Crippen molar-refractivity contribution in [3.63, 3.8) is 0 Å². The molecule has 6 heteroatoms. The SMILES string of the molecule is CC(c1cccnc1)N1CCN(C(=O)c2cnc3ccccc3n2)CC1. The molecule has 1 unspecified atom stereocenters. The summed E-state index contributed by atoms with van der Waals surface area (Å²) in [5, 5.41) is 0. The second kappa shape index (κ2) is 7.17. The number of carbonyl (C=O) groups excluding carboxylic acids is 1. The minimum Gasteiger partial charge on any atom is -0.335 e. The number of benzene rings is 1. The Bertz CT molecular complexity index is 906. The van der Waals surface area contributed by atoms with Crippen LogP contribution in [0.3, 0.4) is 0 Å². The van der Waals surface area contributed by atoms with Crippen molar-refractivity contribution in [2.75, 3.05) is 26.2 Å². The van der Waals surface area contributed by atoms with E-state index in [9.17, 15) is 4.79 Å². The van der Waals surface area contributed by atoms with E-state index in [1.165, 1.54) is 5.56 Å². The molecular weight excluding hydrogens is 326 g/mol. The zero-order chi connectivity index (χ0) is 17.9. The maximum atomic E-state index is 12.8. The van der Waals surface area contributed by atoms with Crippen LogP contribution in [-0.4, -0.2) is 56.8 Å². The van der Waals surface area contributed by atoms with Crippen LogP contribution in [0.2, 0.25) is 0 Å². The van der Waals surface area contributed by atoms with E-state index in [4.69, 9.17) is 0 Å². The van der Waals surface area contributed by atoms with Crippen molar-refractivity contribution >= 4 is 16.9 Å². The van der Waals surface area contributed by atoms with Crippen molar-refractivity contribution in [3.8, 4) is 0 Å². The standard InChI is InChI=1S/C20H21N5O/c1-15(16-5-4-8-21-13-16)24-9-11-25(12-10-24)20(26)19-14-22-17-6-2-3-7-18(17)23-19/h2-8,13-15H,9-12H2,1H3. The number of piperazine rings is 1. The average molecular weight is 347 g/mol. The smallest absolute Gasteiger partial charge is 0.274 e. The number of carbonyl (C=O) groups is 1. The molecule has 132 valence electrons. The molecule has 0 saturated carbocycles. The van der Waals surface area contributed by atoms with Gasteiger partial charge >= 0.3 is 0 Å². The predicted octanol–water partition coefficient (Wildman–Crippen LogP) is 2.54. The Morgan fingerprint density at radius 3 is 2.50 bits per heavy atom. The number of para-hydroxylation sites is 2. The number of pyridine rings is 1. The molecule has 1 atom stereocenters. The van der Waals surface area contributed by atoms with Gasteiger partial charge in [0.1, 0.15) is 5.69 Å². The molecule has 0 N–H and O–H groups in total. The normalized spacial score (nSPS) is 16.6. The van der Waals surface area contributed by atoms with E-state index in [1.54, 1.807) is 12.4 Å². The van der Waals surface area contributed by atoms with Crippen LogP contribution in [0.25, 0.3) is 11.0 Å². The van der Waals surface area contributed by atoms with Crippen molar-refractivity contribution in [3.05, 3.63) is 66.2 Å². The summed E-state index contributed by atoms with van der Waals surface area (Å²) in [6.45, 7) is 5.24. The maximum Gasteiger partial charge on any atom is 0.274 e. The Balaban J connectivity index is 1.43. The molecule has 26 heavy (non-hydrogen) atoms. The molecule has 1 fully saturated rings. The highest BCUT2D eigenvalue weighted by atomic mass is 16.2. The third-order valence-corrected chi connectivity index (χ3v) is 4.98. The fourth-order valence-corrected chi connectivity index (χ4v) is 3.37. The Labute approximate surface area is 152 Å². The lowest BCUT2D eigenvalue weighted by Crippen LogP contribution is -2.49. The molecular formula is C20H21N5O. The summed E-state index contributed by atoms with van der Waals surface area (Å²) >= 11 is 0. The van der Waals surface area contributed by atoms with E-state index >= 15 is 0 Å². The Hall–Kier alpha value is -2.86. The van der Waals surface area contributed by atoms with E-state index in [2.05, 4.69) is 32.8 Å². The minimum atomic E-state index is -0.0445. The van der Waals surface area contributed by atoms with Crippen LogP contribution in [-0.2, 0) is 0 Å². The van der Waals surface area contributed by atoms with E-state index < -0.39 is 0 Å². The number of rotatable bonds is 3. The molecule has 3 heterocycles. The first-order valence-electron chi connectivity index (χ1n) is 8.87. The highest BCUT2D eigenvalue weighted by molar-refractivity contribution is 5.93. The first-order chi connectivity index (χ1) is 12.7. The predicted molar refractivity (Wildman–Crippen MR) is 99.7 cm³/mol. The van der Waals surface area contributed by atoms with Gasteiger partial charge in [0.25, 0.3) is 5.91 Å². The van der Waals surface area contributed by atoms with E-state index in [-0.39, 0.29) is 5.91 Å². The van der Waals surface area contributed by atoms with Gasteiger partial charge in [0.15, 0.2) is 0 Å². The molecule has 1 aromatic carbocycles. The van der Waals surface area contributed by atoms with Gasteiger partial charge in [-0.3, -0.25) is 19.7 Å². The van der Waals surface area contributed by atoms with Gasteiger partial charge in [0, 0.05) is 44.6 Å². The minimum absolute atomic E-state index is 0.0445. The number of aromatic nitrogens is 3. The van der Waals surface area contributed by atoms with Crippen LogP contribution in [0.5, 0.6) is 0 Å². The molecule has 0 bridgehead atoms. The third-order valence-electron chi connectivity index (χ3n) is 4.98. The van der Waals surface area contributed by atoms with Gasteiger partial charge in [-0.25, -0.2) is 4.98 Å². The second-order valence-corrected chi connectivity index (χ2v) is 6.53. The van der Waals surface area contributed by atoms with E-state index in [0.717, 1.165) is 24.1 Å². The summed E-state index contributed by atoms with van der Waals surface area (Å²) in [4.78, 5) is 30.1. The Kier molecular flexibility index (Phi) is 4.58. The van der Waals surface area contributed by atoms with Gasteiger partial charge in [-0.2, -0.15) is 0 Å². The number of amides is 1. The van der Waals surface area contributed by atoms with Crippen molar-refractivity contribution < 1.29 is 4.79 Å². The monoisotopic (exact) mass is 347 g/mol. The summed E-state index contributed by atoms with van der Waals surface area (Å²) in [5.74, 6) is -0.0445. The lowest BCUT2D eigenvalue weighted by Gasteiger charge is -2.38. The molecule has 0 spiro atoms. The van der Waals surface area contributed by atoms with Gasteiger partial charge in [-0.1, -0.05) is 18.2 Å². The third kappa shape index (κ3) is 3.28. The summed E-state index contributed by atoms with van der Waals surface area (Å²) < 4.78 is 0. The summed E-state index contributed by atoms with van der Waals surface area (Å²) in [5.41, 5.74) is 3.17. The zero-order valence-corrected chi connectivity index (χ0v) is 14.7. The Morgan fingerprint density at radius 1 is 1.00 bits per heavy atom. The Morgan fingerprint density at radius 2 is 1.77 bits per heavy atom. The van der Waals surface area contributed by atoms with Crippen LogP contribution in [0.4, 0.5) is 0 Å². The summed E-state index contributed by atoms with van der Waals surface area (Å²) in [7, 11) is 0. The van der Waals surface area contributed by atoms with Crippen LogP contribution in [0, 0.1) is 0 Å². The molecule has 4 rings (SSSR count). The molecule has 1 aliphatic rings. The van der Waals surface area contributed by atoms with E-state index in [0.29, 0.717) is 24.8 Å². The largest absolute Gasteiger partial charge is 0.335 e. The van der Waals surface area contributed by atoms with Gasteiger partial charge in [0.05, 0.1) is 17.2 Å². The molecule has 6 nitrogen and oxygen atoms in total. The number of nitrogens with zero attached hydrogens (tertiary/aromatic N) is 5.